The average molecular weight is 530 g/mol. The molecule has 1 aliphatic rings. The molecule has 2 aromatic carbocycles. The van der Waals surface area contributed by atoms with Crippen molar-refractivity contribution in [2.75, 3.05) is 51.3 Å². The van der Waals surface area contributed by atoms with Gasteiger partial charge in [0.1, 0.15) is 5.75 Å². The number of methoxy groups -OCH3 is 1. The van der Waals surface area contributed by atoms with Crippen LogP contribution in [0.15, 0.2) is 66.7 Å². The van der Waals surface area contributed by atoms with Crippen LogP contribution in [0.25, 0.3) is 11.3 Å². The number of aromatic nitrogens is 2. The molecule has 2 amide bonds. The van der Waals surface area contributed by atoms with Crippen LogP contribution in [0.2, 0.25) is 0 Å². The van der Waals surface area contributed by atoms with E-state index < -0.39 is 0 Å². The molecular weight excluding hydrogens is 490 g/mol. The van der Waals surface area contributed by atoms with E-state index in [9.17, 15) is 9.59 Å². The van der Waals surface area contributed by atoms with E-state index in [1.807, 2.05) is 71.6 Å². The molecule has 0 bridgehead atoms. The van der Waals surface area contributed by atoms with Gasteiger partial charge in [-0.05, 0) is 60.7 Å². The maximum absolute atomic E-state index is 13.3. The van der Waals surface area contributed by atoms with Crippen molar-refractivity contribution in [1.29, 1.82) is 0 Å². The molecule has 8 nitrogen and oxygen atoms in total. The molecule has 0 radical (unpaired) electrons. The predicted molar refractivity (Wildman–Crippen MR) is 154 cm³/mol. The Hall–Kier alpha value is -3.94. The highest BCUT2D eigenvalue weighted by Crippen LogP contribution is 2.22. The Morgan fingerprint density at radius 3 is 2.36 bits per heavy atom. The summed E-state index contributed by atoms with van der Waals surface area (Å²) in [5.41, 5.74) is 2.75. The van der Waals surface area contributed by atoms with Crippen molar-refractivity contribution in [1.82, 2.24) is 20.0 Å². The number of nitrogens with zero attached hydrogens (tertiary/aromatic N) is 5. The van der Waals surface area contributed by atoms with E-state index in [-0.39, 0.29) is 18.4 Å². The number of rotatable bonds is 10. The second kappa shape index (κ2) is 13.7. The minimum atomic E-state index is -0.00104. The monoisotopic (exact) mass is 529 g/mol. The molecule has 0 atom stereocenters. The van der Waals surface area contributed by atoms with Crippen molar-refractivity contribution in [2.45, 2.75) is 33.1 Å². The molecule has 0 spiro atoms. The van der Waals surface area contributed by atoms with Crippen LogP contribution in [0, 0.1) is 5.92 Å². The van der Waals surface area contributed by atoms with Gasteiger partial charge in [-0.1, -0.05) is 44.2 Å². The van der Waals surface area contributed by atoms with E-state index in [0.29, 0.717) is 38.5 Å². The number of benzene rings is 2. The fraction of sp³-hybridized carbons (Fsp3) is 0.419. The molecule has 4 rings (SSSR count). The lowest BCUT2D eigenvalue weighted by Gasteiger charge is -2.27. The Morgan fingerprint density at radius 1 is 0.923 bits per heavy atom. The third kappa shape index (κ3) is 8.02. The van der Waals surface area contributed by atoms with Gasteiger partial charge in [0.15, 0.2) is 5.82 Å². The molecule has 1 aromatic heterocycles. The van der Waals surface area contributed by atoms with E-state index >= 15 is 0 Å². The lowest BCUT2D eigenvalue weighted by molar-refractivity contribution is -0.140. The van der Waals surface area contributed by atoms with Crippen molar-refractivity contribution >= 4 is 17.6 Å². The first kappa shape index (κ1) is 28.1. The lowest BCUT2D eigenvalue weighted by Crippen LogP contribution is -2.45. The number of amides is 2. The number of ether oxygens (including phenoxy) is 1. The summed E-state index contributed by atoms with van der Waals surface area (Å²) >= 11 is 0. The van der Waals surface area contributed by atoms with E-state index in [2.05, 4.69) is 28.9 Å². The Balaban J connectivity index is 1.35. The van der Waals surface area contributed by atoms with Gasteiger partial charge in [0.05, 0.1) is 25.8 Å². The van der Waals surface area contributed by atoms with Gasteiger partial charge >= 0.3 is 0 Å². The zero-order chi connectivity index (χ0) is 27.6. The molecule has 8 heteroatoms. The SMILES string of the molecule is COc1ccc(-c2ccc(N3CCCN(C(=O)CN(CCC(C)C)C(=O)Cc4ccccc4)CC3)nn2)cc1. The Labute approximate surface area is 231 Å². The summed E-state index contributed by atoms with van der Waals surface area (Å²) in [6, 6.07) is 21.4. The summed E-state index contributed by atoms with van der Waals surface area (Å²) in [4.78, 5) is 32.3. The van der Waals surface area contributed by atoms with Crippen molar-refractivity contribution in [3.05, 3.63) is 72.3 Å². The van der Waals surface area contributed by atoms with Gasteiger partial charge in [-0.3, -0.25) is 9.59 Å². The van der Waals surface area contributed by atoms with E-state index in [0.717, 1.165) is 47.8 Å². The lowest BCUT2D eigenvalue weighted by atomic mass is 10.1. The van der Waals surface area contributed by atoms with Crippen LogP contribution < -0.4 is 9.64 Å². The molecule has 0 saturated carbocycles. The van der Waals surface area contributed by atoms with Crippen LogP contribution in [0.1, 0.15) is 32.3 Å². The van der Waals surface area contributed by atoms with Crippen molar-refractivity contribution in [3.63, 3.8) is 0 Å². The molecule has 0 aliphatic carbocycles. The number of carbonyl (C=O) groups is 2. The standard InChI is InChI=1S/C31H39N5O3/c1-24(2)16-19-36(30(37)22-25-8-5-4-6-9-25)23-31(38)35-18-7-17-34(20-21-35)29-15-14-28(32-33-29)26-10-12-27(39-3)13-11-26/h4-6,8-15,24H,7,16-23H2,1-3H3. The van der Waals surface area contributed by atoms with Crippen LogP contribution >= 0.6 is 0 Å². The largest absolute Gasteiger partial charge is 0.497 e. The Morgan fingerprint density at radius 2 is 1.69 bits per heavy atom. The van der Waals surface area contributed by atoms with Crippen molar-refractivity contribution < 1.29 is 14.3 Å². The number of hydrogen-bond donors (Lipinski definition) is 0. The number of anilines is 1. The highest BCUT2D eigenvalue weighted by molar-refractivity contribution is 5.86. The third-order valence-corrected chi connectivity index (χ3v) is 7.06. The molecule has 1 saturated heterocycles. The van der Waals surface area contributed by atoms with Crippen LogP contribution in [0.3, 0.4) is 0 Å². The van der Waals surface area contributed by atoms with Gasteiger partial charge in [0.2, 0.25) is 11.8 Å². The Bertz CT molecular complexity index is 1200. The summed E-state index contributed by atoms with van der Waals surface area (Å²) in [6.07, 6.45) is 2.01. The molecule has 1 fully saturated rings. The fourth-order valence-electron chi connectivity index (χ4n) is 4.66. The van der Waals surface area contributed by atoms with E-state index in [4.69, 9.17) is 4.74 Å². The molecule has 206 valence electrons. The first-order chi connectivity index (χ1) is 18.9. The maximum atomic E-state index is 13.3. The molecule has 39 heavy (non-hydrogen) atoms. The summed E-state index contributed by atoms with van der Waals surface area (Å²) in [6.45, 7) is 7.70. The molecular formula is C31H39N5O3. The van der Waals surface area contributed by atoms with Gasteiger partial charge in [0.25, 0.3) is 0 Å². The number of carbonyl (C=O) groups excluding carboxylic acids is 2. The molecule has 0 N–H and O–H groups in total. The maximum Gasteiger partial charge on any atom is 0.242 e. The van der Waals surface area contributed by atoms with Crippen LogP contribution in [-0.2, 0) is 16.0 Å². The van der Waals surface area contributed by atoms with E-state index in [1.54, 1.807) is 12.0 Å². The molecule has 3 aromatic rings. The summed E-state index contributed by atoms with van der Waals surface area (Å²) < 4.78 is 5.23. The summed E-state index contributed by atoms with van der Waals surface area (Å²) in [5, 5.41) is 8.91. The Kier molecular flexibility index (Phi) is 9.89. The fourth-order valence-corrected chi connectivity index (χ4v) is 4.66. The second-order valence-corrected chi connectivity index (χ2v) is 10.4. The molecule has 1 aliphatic heterocycles. The summed E-state index contributed by atoms with van der Waals surface area (Å²) in [5.74, 6) is 2.06. The van der Waals surface area contributed by atoms with Crippen molar-refractivity contribution in [3.8, 4) is 17.0 Å². The van der Waals surface area contributed by atoms with Crippen molar-refractivity contribution in [2.24, 2.45) is 5.92 Å². The van der Waals surface area contributed by atoms with Gasteiger partial charge in [-0.25, -0.2) is 0 Å². The highest BCUT2D eigenvalue weighted by atomic mass is 16.5. The quantitative estimate of drug-likeness (QED) is 0.390. The minimum absolute atomic E-state index is 0.00104. The average Bonchev–Trinajstić information content (AvgIpc) is 3.22. The second-order valence-electron chi connectivity index (χ2n) is 10.4. The smallest absolute Gasteiger partial charge is 0.242 e. The predicted octanol–water partition coefficient (Wildman–Crippen LogP) is 4.31. The third-order valence-electron chi connectivity index (χ3n) is 7.06. The van der Waals surface area contributed by atoms with Crippen LogP contribution in [-0.4, -0.2) is 78.2 Å². The topological polar surface area (TPSA) is 78.9 Å². The van der Waals surface area contributed by atoms with Crippen LogP contribution in [0.5, 0.6) is 5.75 Å². The minimum Gasteiger partial charge on any atom is -0.497 e. The first-order valence-corrected chi connectivity index (χ1v) is 13.8. The van der Waals surface area contributed by atoms with Gasteiger partial charge in [-0.2, -0.15) is 0 Å². The summed E-state index contributed by atoms with van der Waals surface area (Å²) in [7, 11) is 1.65. The molecule has 2 heterocycles. The van der Waals surface area contributed by atoms with Gasteiger partial charge in [0, 0.05) is 38.3 Å². The van der Waals surface area contributed by atoms with Crippen LogP contribution in [0.4, 0.5) is 5.82 Å². The van der Waals surface area contributed by atoms with Gasteiger partial charge in [-0.15, -0.1) is 10.2 Å². The zero-order valence-corrected chi connectivity index (χ0v) is 23.3. The first-order valence-electron chi connectivity index (χ1n) is 13.8. The van der Waals surface area contributed by atoms with Gasteiger partial charge < -0.3 is 19.4 Å². The zero-order valence-electron chi connectivity index (χ0n) is 23.3. The highest BCUT2D eigenvalue weighted by Gasteiger charge is 2.24. The molecule has 0 unspecified atom stereocenters. The normalized spacial score (nSPS) is 13.7. The number of hydrogen-bond acceptors (Lipinski definition) is 6. The van der Waals surface area contributed by atoms with E-state index in [1.165, 1.54) is 0 Å².